The fourth-order valence-corrected chi connectivity index (χ4v) is 5.27. The van der Waals surface area contributed by atoms with E-state index in [1.165, 1.54) is 52.0 Å². The predicted octanol–water partition coefficient (Wildman–Crippen LogP) is 5.08. The first-order valence-electron chi connectivity index (χ1n) is 9.46. The second kappa shape index (κ2) is 8.19. The van der Waals surface area contributed by atoms with Crippen molar-refractivity contribution >= 4 is 0 Å². The molecular formula is C21H35NO. The van der Waals surface area contributed by atoms with Crippen LogP contribution >= 0.6 is 0 Å². The van der Waals surface area contributed by atoms with Crippen LogP contribution in [0.2, 0.25) is 0 Å². The van der Waals surface area contributed by atoms with Gasteiger partial charge < -0.3 is 10.5 Å². The summed E-state index contributed by atoms with van der Waals surface area (Å²) in [7, 11) is 3.30. The number of nitrogens with two attached hydrogens (primary N) is 1. The molecule has 2 heteroatoms. The maximum absolute atomic E-state index is 5.55. The molecule has 2 aliphatic carbocycles. The van der Waals surface area contributed by atoms with Gasteiger partial charge in [-0.15, -0.1) is 0 Å². The third-order valence-corrected chi connectivity index (χ3v) is 6.30. The molecule has 2 aliphatic rings. The minimum Gasteiger partial charge on any atom is -0.497 e. The van der Waals surface area contributed by atoms with Gasteiger partial charge in [0.2, 0.25) is 0 Å². The van der Waals surface area contributed by atoms with Crippen molar-refractivity contribution in [2.24, 2.45) is 17.6 Å². The summed E-state index contributed by atoms with van der Waals surface area (Å²) in [5.74, 6) is 2.81. The normalized spacial score (nSPS) is 30.0. The average Bonchev–Trinajstić information content (AvgIpc) is 2.63. The Labute approximate surface area is 142 Å². The second-order valence-electron chi connectivity index (χ2n) is 7.25. The Balaban J connectivity index is 0.000000924. The molecule has 0 heterocycles. The van der Waals surface area contributed by atoms with E-state index >= 15 is 0 Å². The van der Waals surface area contributed by atoms with Crippen LogP contribution in [-0.2, 0) is 11.8 Å². The number of hydrogen-bond acceptors (Lipinski definition) is 2. The summed E-state index contributed by atoms with van der Waals surface area (Å²) >= 11 is 0. The van der Waals surface area contributed by atoms with Crippen LogP contribution < -0.4 is 10.5 Å². The Morgan fingerprint density at radius 1 is 1.13 bits per heavy atom. The van der Waals surface area contributed by atoms with E-state index < -0.39 is 0 Å². The number of methoxy groups -OCH3 is 1. The highest BCUT2D eigenvalue weighted by Gasteiger charge is 2.47. The lowest BCUT2D eigenvalue weighted by Crippen LogP contribution is -2.44. The predicted molar refractivity (Wildman–Crippen MR) is 99.1 cm³/mol. The first-order chi connectivity index (χ1) is 11.2. The van der Waals surface area contributed by atoms with E-state index in [2.05, 4.69) is 37.8 Å². The first kappa shape index (κ1) is 18.3. The molecular weight excluding hydrogens is 282 g/mol. The Hall–Kier alpha value is -1.02. The van der Waals surface area contributed by atoms with Crippen molar-refractivity contribution in [2.75, 3.05) is 14.2 Å². The van der Waals surface area contributed by atoms with Gasteiger partial charge >= 0.3 is 0 Å². The molecule has 2 fully saturated rings. The molecule has 3 atom stereocenters. The molecule has 0 aliphatic heterocycles. The van der Waals surface area contributed by atoms with Gasteiger partial charge in [-0.1, -0.05) is 45.6 Å². The smallest absolute Gasteiger partial charge is 0.119 e. The zero-order chi connectivity index (χ0) is 16.9. The van der Waals surface area contributed by atoms with Gasteiger partial charge in [0.25, 0.3) is 0 Å². The standard InChI is InChI=1S/C20H30O.CH5N/c1-4-16-10-11-17(21-3)14-19(16)20-12-6-5-9-18(20)15(2)8-7-13-20;1-2/h10-11,14-15,18H,4-9,12-13H2,1-3H3;2H2,1H3/t15-,18?,20+;/m0./s1. The summed E-state index contributed by atoms with van der Waals surface area (Å²) < 4.78 is 5.55. The fraction of sp³-hybridized carbons (Fsp3) is 0.714. The molecule has 2 saturated carbocycles. The second-order valence-corrected chi connectivity index (χ2v) is 7.25. The topological polar surface area (TPSA) is 35.2 Å². The van der Waals surface area contributed by atoms with Crippen molar-refractivity contribution in [1.82, 2.24) is 0 Å². The van der Waals surface area contributed by atoms with Crippen LogP contribution in [0.1, 0.15) is 69.9 Å². The Kier molecular flexibility index (Phi) is 6.52. The molecule has 0 radical (unpaired) electrons. The van der Waals surface area contributed by atoms with Crippen LogP contribution in [0.15, 0.2) is 18.2 Å². The lowest BCUT2D eigenvalue weighted by Gasteiger charge is -2.52. The third kappa shape index (κ3) is 3.42. The highest BCUT2D eigenvalue weighted by Crippen LogP contribution is 2.55. The van der Waals surface area contributed by atoms with Crippen molar-refractivity contribution < 1.29 is 4.74 Å². The monoisotopic (exact) mass is 317 g/mol. The van der Waals surface area contributed by atoms with Gasteiger partial charge in [-0.05, 0) is 73.2 Å². The molecule has 2 N–H and O–H groups in total. The van der Waals surface area contributed by atoms with Crippen LogP contribution in [0.3, 0.4) is 0 Å². The number of rotatable bonds is 3. The molecule has 0 bridgehead atoms. The minimum atomic E-state index is 0.440. The largest absolute Gasteiger partial charge is 0.497 e. The van der Waals surface area contributed by atoms with Gasteiger partial charge in [-0.25, -0.2) is 0 Å². The van der Waals surface area contributed by atoms with Crippen molar-refractivity contribution in [3.8, 4) is 5.75 Å². The SMILES string of the molecule is CCc1ccc(OC)cc1[C@@]12CCCCC1[C@@H](C)CCC2.CN. The van der Waals surface area contributed by atoms with Gasteiger partial charge in [0.05, 0.1) is 7.11 Å². The summed E-state index contributed by atoms with van der Waals surface area (Å²) in [5.41, 5.74) is 8.12. The van der Waals surface area contributed by atoms with E-state index in [4.69, 9.17) is 4.74 Å². The molecule has 0 saturated heterocycles. The van der Waals surface area contributed by atoms with Crippen molar-refractivity contribution in [2.45, 2.75) is 70.6 Å². The molecule has 1 aromatic rings. The summed E-state index contributed by atoms with van der Waals surface area (Å²) in [5, 5.41) is 0. The Bertz CT molecular complexity index is 495. The van der Waals surface area contributed by atoms with Gasteiger partial charge in [0.15, 0.2) is 0 Å². The summed E-state index contributed by atoms with van der Waals surface area (Å²) in [6, 6.07) is 6.83. The molecule has 23 heavy (non-hydrogen) atoms. The summed E-state index contributed by atoms with van der Waals surface area (Å²) in [6.07, 6.45) is 11.0. The molecule has 1 unspecified atom stereocenters. The van der Waals surface area contributed by atoms with Crippen molar-refractivity contribution in [3.63, 3.8) is 0 Å². The van der Waals surface area contributed by atoms with E-state index in [1.807, 2.05) is 0 Å². The van der Waals surface area contributed by atoms with Gasteiger partial charge in [-0.2, -0.15) is 0 Å². The first-order valence-corrected chi connectivity index (χ1v) is 9.46. The highest BCUT2D eigenvalue weighted by molar-refractivity contribution is 5.42. The van der Waals surface area contributed by atoms with E-state index in [0.717, 1.165) is 24.0 Å². The number of aryl methyl sites for hydroxylation is 1. The van der Waals surface area contributed by atoms with Gasteiger partial charge in [-0.3, -0.25) is 0 Å². The van der Waals surface area contributed by atoms with Crippen LogP contribution in [-0.4, -0.2) is 14.2 Å². The van der Waals surface area contributed by atoms with Crippen LogP contribution in [0.25, 0.3) is 0 Å². The molecule has 2 nitrogen and oxygen atoms in total. The number of ether oxygens (including phenoxy) is 1. The lowest BCUT2D eigenvalue weighted by molar-refractivity contribution is 0.0744. The van der Waals surface area contributed by atoms with Crippen molar-refractivity contribution in [3.05, 3.63) is 29.3 Å². The summed E-state index contributed by atoms with van der Waals surface area (Å²) in [6.45, 7) is 4.79. The van der Waals surface area contributed by atoms with E-state index in [1.54, 1.807) is 18.2 Å². The Morgan fingerprint density at radius 2 is 1.87 bits per heavy atom. The van der Waals surface area contributed by atoms with E-state index in [0.29, 0.717) is 5.41 Å². The summed E-state index contributed by atoms with van der Waals surface area (Å²) in [4.78, 5) is 0. The van der Waals surface area contributed by atoms with Crippen LogP contribution in [0.5, 0.6) is 5.75 Å². The molecule has 0 spiro atoms. The van der Waals surface area contributed by atoms with Gasteiger partial charge in [0.1, 0.15) is 5.75 Å². The molecule has 1 aromatic carbocycles. The average molecular weight is 318 g/mol. The Morgan fingerprint density at radius 3 is 2.57 bits per heavy atom. The van der Waals surface area contributed by atoms with Gasteiger partial charge in [0, 0.05) is 0 Å². The lowest BCUT2D eigenvalue weighted by atomic mass is 9.53. The molecule has 3 rings (SSSR count). The fourth-order valence-electron chi connectivity index (χ4n) is 5.27. The van der Waals surface area contributed by atoms with E-state index in [9.17, 15) is 0 Å². The third-order valence-electron chi connectivity index (χ3n) is 6.30. The molecule has 130 valence electrons. The number of benzene rings is 1. The number of fused-ring (bicyclic) bond motifs is 1. The van der Waals surface area contributed by atoms with E-state index in [-0.39, 0.29) is 0 Å². The zero-order valence-corrected chi connectivity index (χ0v) is 15.5. The number of hydrogen-bond donors (Lipinski definition) is 1. The van der Waals surface area contributed by atoms with Crippen LogP contribution in [0.4, 0.5) is 0 Å². The molecule has 0 aromatic heterocycles. The van der Waals surface area contributed by atoms with Crippen LogP contribution in [0, 0.1) is 11.8 Å². The molecule has 0 amide bonds. The van der Waals surface area contributed by atoms with Crippen molar-refractivity contribution in [1.29, 1.82) is 0 Å². The zero-order valence-electron chi connectivity index (χ0n) is 15.5. The maximum atomic E-state index is 5.55. The highest BCUT2D eigenvalue weighted by atomic mass is 16.5. The quantitative estimate of drug-likeness (QED) is 0.843. The minimum absolute atomic E-state index is 0.440. The maximum Gasteiger partial charge on any atom is 0.119 e.